The van der Waals surface area contributed by atoms with Crippen LogP contribution in [0.4, 0.5) is 10.1 Å². The van der Waals surface area contributed by atoms with E-state index in [0.717, 1.165) is 24.0 Å². The van der Waals surface area contributed by atoms with Crippen molar-refractivity contribution < 1.29 is 9.18 Å². The van der Waals surface area contributed by atoms with Gasteiger partial charge in [0.2, 0.25) is 5.91 Å². The van der Waals surface area contributed by atoms with Gasteiger partial charge in [0.05, 0.1) is 11.0 Å². The lowest BCUT2D eigenvalue weighted by Crippen LogP contribution is -2.45. The molecule has 0 aromatic heterocycles. The van der Waals surface area contributed by atoms with E-state index in [-0.39, 0.29) is 17.3 Å². The van der Waals surface area contributed by atoms with Gasteiger partial charge in [0, 0.05) is 5.69 Å². The quantitative estimate of drug-likeness (QED) is 0.849. The summed E-state index contributed by atoms with van der Waals surface area (Å²) in [5.74, 6) is -0.304. The van der Waals surface area contributed by atoms with Gasteiger partial charge in [-0.05, 0) is 62.1 Å². The molecule has 3 nitrogen and oxygen atoms in total. The number of rotatable bonds is 4. The molecule has 4 heteroatoms. The molecular formula is C19H21FN2O. The lowest BCUT2D eigenvalue weighted by molar-refractivity contribution is -0.126. The maximum atomic E-state index is 13.1. The average molecular weight is 312 g/mol. The fourth-order valence-electron chi connectivity index (χ4n) is 2.78. The SMILES string of the molecule is CC(C)(C(=O)NC1(c2ccc(F)cc2)CC1)c1ccc(N)cc1. The van der Waals surface area contributed by atoms with Crippen LogP contribution in [0, 0.1) is 5.82 Å². The van der Waals surface area contributed by atoms with Crippen LogP contribution in [0.5, 0.6) is 0 Å². The van der Waals surface area contributed by atoms with Crippen LogP contribution in [0.1, 0.15) is 37.8 Å². The van der Waals surface area contributed by atoms with Crippen molar-refractivity contribution in [3.8, 4) is 0 Å². The summed E-state index contributed by atoms with van der Waals surface area (Å²) in [4.78, 5) is 12.8. The van der Waals surface area contributed by atoms with Crippen LogP contribution >= 0.6 is 0 Å². The van der Waals surface area contributed by atoms with Crippen LogP contribution in [0.15, 0.2) is 48.5 Å². The summed E-state index contributed by atoms with van der Waals surface area (Å²) in [7, 11) is 0. The molecule has 0 heterocycles. The molecule has 1 aliphatic carbocycles. The second-order valence-electron chi connectivity index (χ2n) is 6.79. The first-order valence-corrected chi connectivity index (χ1v) is 7.78. The number of amides is 1. The molecule has 3 N–H and O–H groups in total. The minimum Gasteiger partial charge on any atom is -0.399 e. The molecule has 0 radical (unpaired) electrons. The molecule has 0 saturated heterocycles. The smallest absolute Gasteiger partial charge is 0.230 e. The number of nitrogen functional groups attached to an aromatic ring is 1. The molecule has 3 rings (SSSR count). The monoisotopic (exact) mass is 312 g/mol. The standard InChI is InChI=1S/C19H21FN2O/c1-18(2,13-5-9-16(21)10-6-13)17(23)22-19(11-12-19)14-3-7-15(20)8-4-14/h3-10H,11-12,21H2,1-2H3,(H,22,23). The van der Waals surface area contributed by atoms with Gasteiger partial charge in [0.1, 0.15) is 5.82 Å². The Kier molecular flexibility index (Phi) is 3.63. The summed E-state index contributed by atoms with van der Waals surface area (Å²) in [6.45, 7) is 3.79. The fourth-order valence-corrected chi connectivity index (χ4v) is 2.78. The molecule has 0 bridgehead atoms. The Morgan fingerprint density at radius 3 is 2.17 bits per heavy atom. The summed E-state index contributed by atoms with van der Waals surface area (Å²) in [5.41, 5.74) is 7.25. The van der Waals surface area contributed by atoms with Crippen LogP contribution < -0.4 is 11.1 Å². The third-order valence-corrected chi connectivity index (χ3v) is 4.70. The first-order valence-electron chi connectivity index (χ1n) is 7.78. The Morgan fingerprint density at radius 1 is 1.09 bits per heavy atom. The Balaban J connectivity index is 1.80. The Morgan fingerprint density at radius 2 is 1.65 bits per heavy atom. The van der Waals surface area contributed by atoms with Crippen LogP contribution in [-0.2, 0) is 15.7 Å². The largest absolute Gasteiger partial charge is 0.399 e. The molecule has 1 saturated carbocycles. The summed E-state index contributed by atoms with van der Waals surface area (Å²) in [5, 5.41) is 3.16. The van der Waals surface area contributed by atoms with Gasteiger partial charge in [0.15, 0.2) is 0 Å². The topological polar surface area (TPSA) is 55.1 Å². The highest BCUT2D eigenvalue weighted by Crippen LogP contribution is 2.46. The summed E-state index contributed by atoms with van der Waals surface area (Å²) >= 11 is 0. The molecular weight excluding hydrogens is 291 g/mol. The van der Waals surface area contributed by atoms with E-state index in [1.165, 1.54) is 12.1 Å². The molecule has 0 atom stereocenters. The third kappa shape index (κ3) is 2.93. The fraction of sp³-hybridized carbons (Fsp3) is 0.316. The zero-order valence-electron chi connectivity index (χ0n) is 13.4. The van der Waals surface area contributed by atoms with E-state index < -0.39 is 5.41 Å². The summed E-state index contributed by atoms with van der Waals surface area (Å²) in [6.07, 6.45) is 1.75. The number of nitrogens with one attached hydrogen (secondary N) is 1. The van der Waals surface area contributed by atoms with Crippen molar-refractivity contribution in [1.82, 2.24) is 5.32 Å². The molecule has 1 fully saturated rings. The first kappa shape index (κ1) is 15.5. The zero-order valence-corrected chi connectivity index (χ0v) is 13.4. The maximum absolute atomic E-state index is 13.1. The molecule has 0 spiro atoms. The lowest BCUT2D eigenvalue weighted by atomic mass is 9.83. The van der Waals surface area contributed by atoms with E-state index in [1.54, 1.807) is 24.3 Å². The number of benzene rings is 2. The highest BCUT2D eigenvalue weighted by Gasteiger charge is 2.47. The first-order chi connectivity index (χ1) is 10.8. The van der Waals surface area contributed by atoms with Gasteiger partial charge in [0.25, 0.3) is 0 Å². The molecule has 2 aromatic rings. The van der Waals surface area contributed by atoms with Crippen molar-refractivity contribution in [2.45, 2.75) is 37.6 Å². The van der Waals surface area contributed by atoms with Gasteiger partial charge in [-0.15, -0.1) is 0 Å². The summed E-state index contributed by atoms with van der Waals surface area (Å²) in [6, 6.07) is 13.7. The van der Waals surface area contributed by atoms with Gasteiger partial charge in [-0.25, -0.2) is 4.39 Å². The molecule has 2 aromatic carbocycles. The van der Waals surface area contributed by atoms with Gasteiger partial charge < -0.3 is 11.1 Å². The highest BCUT2D eigenvalue weighted by molar-refractivity contribution is 5.88. The number of hydrogen-bond donors (Lipinski definition) is 2. The predicted octanol–water partition coefficient (Wildman–Crippen LogP) is 3.49. The van der Waals surface area contributed by atoms with Gasteiger partial charge in [-0.1, -0.05) is 24.3 Å². The normalized spacial score (nSPS) is 16.0. The Labute approximate surface area is 135 Å². The van der Waals surface area contributed by atoms with Gasteiger partial charge >= 0.3 is 0 Å². The molecule has 23 heavy (non-hydrogen) atoms. The van der Waals surface area contributed by atoms with Gasteiger partial charge in [-0.2, -0.15) is 0 Å². The number of anilines is 1. The van der Waals surface area contributed by atoms with E-state index in [1.807, 2.05) is 26.0 Å². The van der Waals surface area contributed by atoms with E-state index in [2.05, 4.69) is 5.32 Å². The van der Waals surface area contributed by atoms with Crippen LogP contribution in [-0.4, -0.2) is 5.91 Å². The average Bonchev–Trinajstić information content (AvgIpc) is 3.29. The molecule has 0 unspecified atom stereocenters. The Bertz CT molecular complexity index is 716. The third-order valence-electron chi connectivity index (χ3n) is 4.70. The minimum absolute atomic E-state index is 0.0379. The number of hydrogen-bond acceptors (Lipinski definition) is 2. The van der Waals surface area contributed by atoms with Gasteiger partial charge in [-0.3, -0.25) is 4.79 Å². The van der Waals surface area contributed by atoms with E-state index in [0.29, 0.717) is 5.69 Å². The predicted molar refractivity (Wildman–Crippen MR) is 89.3 cm³/mol. The lowest BCUT2D eigenvalue weighted by Gasteiger charge is -2.28. The van der Waals surface area contributed by atoms with Crippen molar-refractivity contribution in [1.29, 1.82) is 0 Å². The van der Waals surface area contributed by atoms with E-state index in [9.17, 15) is 9.18 Å². The second-order valence-corrected chi connectivity index (χ2v) is 6.79. The second kappa shape index (κ2) is 5.37. The van der Waals surface area contributed by atoms with Crippen LogP contribution in [0.25, 0.3) is 0 Å². The minimum atomic E-state index is -0.663. The van der Waals surface area contributed by atoms with Crippen LogP contribution in [0.3, 0.4) is 0 Å². The van der Waals surface area contributed by atoms with Crippen molar-refractivity contribution in [2.24, 2.45) is 0 Å². The van der Waals surface area contributed by atoms with Crippen LogP contribution in [0.2, 0.25) is 0 Å². The maximum Gasteiger partial charge on any atom is 0.230 e. The highest BCUT2D eigenvalue weighted by atomic mass is 19.1. The van der Waals surface area contributed by atoms with Crippen molar-refractivity contribution >= 4 is 11.6 Å². The Hall–Kier alpha value is -2.36. The van der Waals surface area contributed by atoms with Crippen molar-refractivity contribution in [3.05, 3.63) is 65.5 Å². The summed E-state index contributed by atoms with van der Waals surface area (Å²) < 4.78 is 13.1. The number of halogens is 1. The molecule has 0 aliphatic heterocycles. The molecule has 1 aliphatic rings. The molecule has 120 valence electrons. The van der Waals surface area contributed by atoms with Crippen molar-refractivity contribution in [2.75, 3.05) is 5.73 Å². The van der Waals surface area contributed by atoms with E-state index in [4.69, 9.17) is 5.73 Å². The number of carbonyl (C=O) groups is 1. The molecule has 1 amide bonds. The van der Waals surface area contributed by atoms with E-state index >= 15 is 0 Å². The zero-order chi connectivity index (χ0) is 16.7. The van der Waals surface area contributed by atoms with Crippen molar-refractivity contribution in [3.63, 3.8) is 0 Å². The number of nitrogens with two attached hydrogens (primary N) is 1. The number of carbonyl (C=O) groups excluding carboxylic acids is 1.